The lowest BCUT2D eigenvalue weighted by Crippen LogP contribution is -2.00. The molecule has 1 aromatic carbocycles. The minimum Gasteiger partial charge on any atom is -0.356 e. The number of hydrogen-bond acceptors (Lipinski definition) is 5. The van der Waals surface area contributed by atoms with Crippen molar-refractivity contribution < 1.29 is 0 Å². The standard InChI is InChI=1S/C16H18N4S/c1-11(2)9-14-19-20-16(21-14)18-10-13-6-3-5-12-7-4-8-17-15(12)13/h3-8,11H,9-10H2,1-2H3,(H,18,20). The second kappa shape index (κ2) is 6.18. The van der Waals surface area contributed by atoms with Gasteiger partial charge in [-0.1, -0.05) is 49.4 Å². The van der Waals surface area contributed by atoms with E-state index in [0.717, 1.165) is 27.5 Å². The normalized spacial score (nSPS) is 11.2. The van der Waals surface area contributed by atoms with Crippen LogP contribution in [-0.4, -0.2) is 15.2 Å². The second-order valence-corrected chi connectivity index (χ2v) is 6.51. The molecule has 4 nitrogen and oxygen atoms in total. The molecule has 0 bridgehead atoms. The molecule has 0 spiro atoms. The molecule has 5 heteroatoms. The molecular formula is C16H18N4S. The number of pyridine rings is 1. The quantitative estimate of drug-likeness (QED) is 0.776. The van der Waals surface area contributed by atoms with Crippen molar-refractivity contribution >= 4 is 27.4 Å². The summed E-state index contributed by atoms with van der Waals surface area (Å²) in [4.78, 5) is 4.47. The lowest BCUT2D eigenvalue weighted by atomic mass is 10.1. The van der Waals surface area contributed by atoms with Gasteiger partial charge in [-0.15, -0.1) is 10.2 Å². The van der Waals surface area contributed by atoms with Gasteiger partial charge in [-0.2, -0.15) is 0 Å². The summed E-state index contributed by atoms with van der Waals surface area (Å²) in [6.45, 7) is 5.09. The van der Waals surface area contributed by atoms with Crippen LogP contribution in [0.15, 0.2) is 36.5 Å². The average molecular weight is 298 g/mol. The highest BCUT2D eigenvalue weighted by Crippen LogP contribution is 2.21. The molecule has 2 heterocycles. The van der Waals surface area contributed by atoms with Crippen molar-refractivity contribution in [1.82, 2.24) is 15.2 Å². The van der Waals surface area contributed by atoms with E-state index in [9.17, 15) is 0 Å². The fourth-order valence-corrected chi connectivity index (χ4v) is 3.19. The van der Waals surface area contributed by atoms with E-state index in [-0.39, 0.29) is 0 Å². The third kappa shape index (κ3) is 3.36. The van der Waals surface area contributed by atoms with E-state index in [1.807, 2.05) is 12.3 Å². The molecule has 2 aromatic heterocycles. The van der Waals surface area contributed by atoms with Gasteiger partial charge >= 0.3 is 0 Å². The molecule has 0 aliphatic heterocycles. The van der Waals surface area contributed by atoms with Crippen LogP contribution >= 0.6 is 11.3 Å². The van der Waals surface area contributed by atoms with Crippen molar-refractivity contribution in [3.8, 4) is 0 Å². The average Bonchev–Trinajstić information content (AvgIpc) is 2.92. The Bertz CT molecular complexity index is 730. The van der Waals surface area contributed by atoms with E-state index in [0.29, 0.717) is 12.5 Å². The summed E-state index contributed by atoms with van der Waals surface area (Å²) in [5, 5.41) is 14.9. The third-order valence-corrected chi connectivity index (χ3v) is 4.10. The molecule has 3 aromatic rings. The summed E-state index contributed by atoms with van der Waals surface area (Å²) in [7, 11) is 0. The fourth-order valence-electron chi connectivity index (χ4n) is 2.24. The first-order chi connectivity index (χ1) is 10.2. The van der Waals surface area contributed by atoms with Crippen molar-refractivity contribution in [3.05, 3.63) is 47.1 Å². The molecule has 21 heavy (non-hydrogen) atoms. The predicted octanol–water partition coefficient (Wildman–Crippen LogP) is 3.90. The smallest absolute Gasteiger partial charge is 0.205 e. The van der Waals surface area contributed by atoms with Crippen molar-refractivity contribution in [2.24, 2.45) is 5.92 Å². The molecule has 0 saturated carbocycles. The van der Waals surface area contributed by atoms with Gasteiger partial charge in [0.05, 0.1) is 5.52 Å². The van der Waals surface area contributed by atoms with Crippen molar-refractivity contribution in [3.63, 3.8) is 0 Å². The highest BCUT2D eigenvalue weighted by molar-refractivity contribution is 7.15. The predicted molar refractivity (Wildman–Crippen MR) is 87.5 cm³/mol. The number of fused-ring (bicyclic) bond motifs is 1. The van der Waals surface area contributed by atoms with E-state index in [2.05, 4.69) is 58.6 Å². The van der Waals surface area contributed by atoms with Crippen LogP contribution in [0.5, 0.6) is 0 Å². The van der Waals surface area contributed by atoms with Crippen LogP contribution in [0.25, 0.3) is 10.9 Å². The number of nitrogens with zero attached hydrogens (tertiary/aromatic N) is 3. The third-order valence-electron chi connectivity index (χ3n) is 3.20. The number of rotatable bonds is 5. The maximum absolute atomic E-state index is 4.47. The van der Waals surface area contributed by atoms with Crippen molar-refractivity contribution in [1.29, 1.82) is 0 Å². The number of hydrogen-bond donors (Lipinski definition) is 1. The summed E-state index contributed by atoms with van der Waals surface area (Å²) in [5.74, 6) is 0.605. The Kier molecular flexibility index (Phi) is 4.10. The SMILES string of the molecule is CC(C)Cc1nnc(NCc2cccc3cccnc23)s1. The van der Waals surface area contributed by atoms with Gasteiger partial charge in [0.2, 0.25) is 5.13 Å². The maximum atomic E-state index is 4.47. The van der Waals surface area contributed by atoms with Crippen molar-refractivity contribution in [2.45, 2.75) is 26.8 Å². The zero-order chi connectivity index (χ0) is 14.7. The molecule has 1 N–H and O–H groups in total. The monoisotopic (exact) mass is 298 g/mol. The summed E-state index contributed by atoms with van der Waals surface area (Å²) < 4.78 is 0. The largest absolute Gasteiger partial charge is 0.356 e. The van der Waals surface area contributed by atoms with Gasteiger partial charge in [0.15, 0.2) is 0 Å². The van der Waals surface area contributed by atoms with Gasteiger partial charge in [0, 0.05) is 24.5 Å². The first kappa shape index (κ1) is 13.9. The minimum atomic E-state index is 0.605. The summed E-state index contributed by atoms with van der Waals surface area (Å²) >= 11 is 1.63. The molecule has 0 fully saturated rings. The molecule has 0 saturated heterocycles. The van der Waals surface area contributed by atoms with Crippen LogP contribution in [0.1, 0.15) is 24.4 Å². The Hall–Kier alpha value is -2.01. The van der Waals surface area contributed by atoms with Crippen molar-refractivity contribution in [2.75, 3.05) is 5.32 Å². The maximum Gasteiger partial charge on any atom is 0.205 e. The molecule has 0 atom stereocenters. The second-order valence-electron chi connectivity index (χ2n) is 5.44. The van der Waals surface area contributed by atoms with E-state index in [4.69, 9.17) is 0 Å². The number of para-hydroxylation sites is 1. The molecule has 0 unspecified atom stereocenters. The molecule has 108 valence electrons. The zero-order valence-electron chi connectivity index (χ0n) is 12.2. The van der Waals surface area contributed by atoms with Gasteiger partial charge in [-0.3, -0.25) is 4.98 Å². The molecule has 0 radical (unpaired) electrons. The first-order valence-electron chi connectivity index (χ1n) is 7.11. The van der Waals surface area contributed by atoms with E-state index in [1.165, 1.54) is 5.56 Å². The van der Waals surface area contributed by atoms with Crippen LogP contribution in [0, 0.1) is 5.92 Å². The molecule has 0 amide bonds. The Balaban J connectivity index is 1.73. The van der Waals surface area contributed by atoms with Gasteiger partial charge < -0.3 is 5.32 Å². The van der Waals surface area contributed by atoms with Crippen LogP contribution < -0.4 is 5.32 Å². The van der Waals surface area contributed by atoms with Crippen LogP contribution in [0.4, 0.5) is 5.13 Å². The van der Waals surface area contributed by atoms with Gasteiger partial charge in [0.25, 0.3) is 0 Å². The Labute approximate surface area is 128 Å². The number of benzene rings is 1. The Morgan fingerprint density at radius 2 is 2.00 bits per heavy atom. The van der Waals surface area contributed by atoms with Crippen LogP contribution in [0.2, 0.25) is 0 Å². The minimum absolute atomic E-state index is 0.605. The van der Waals surface area contributed by atoms with E-state index in [1.54, 1.807) is 11.3 Å². The highest BCUT2D eigenvalue weighted by atomic mass is 32.1. The topological polar surface area (TPSA) is 50.7 Å². The number of aromatic nitrogens is 3. The van der Waals surface area contributed by atoms with Gasteiger partial charge in [0.1, 0.15) is 5.01 Å². The fraction of sp³-hybridized carbons (Fsp3) is 0.312. The van der Waals surface area contributed by atoms with Gasteiger partial charge in [-0.05, 0) is 17.5 Å². The highest BCUT2D eigenvalue weighted by Gasteiger charge is 2.07. The zero-order valence-corrected chi connectivity index (χ0v) is 13.0. The number of nitrogens with one attached hydrogen (secondary N) is 1. The molecule has 3 rings (SSSR count). The lowest BCUT2D eigenvalue weighted by Gasteiger charge is -2.05. The summed E-state index contributed by atoms with van der Waals surface area (Å²) in [5.41, 5.74) is 2.22. The summed E-state index contributed by atoms with van der Waals surface area (Å²) in [6.07, 6.45) is 2.81. The van der Waals surface area contributed by atoms with Crippen LogP contribution in [-0.2, 0) is 13.0 Å². The summed E-state index contributed by atoms with van der Waals surface area (Å²) in [6, 6.07) is 10.3. The van der Waals surface area contributed by atoms with Gasteiger partial charge in [-0.25, -0.2) is 0 Å². The van der Waals surface area contributed by atoms with E-state index < -0.39 is 0 Å². The van der Waals surface area contributed by atoms with E-state index >= 15 is 0 Å². The molecular weight excluding hydrogens is 280 g/mol. The molecule has 0 aliphatic rings. The Morgan fingerprint density at radius 3 is 2.86 bits per heavy atom. The first-order valence-corrected chi connectivity index (χ1v) is 7.93. The Morgan fingerprint density at radius 1 is 1.14 bits per heavy atom. The lowest BCUT2D eigenvalue weighted by molar-refractivity contribution is 0.640. The van der Waals surface area contributed by atoms with Crippen LogP contribution in [0.3, 0.4) is 0 Å². The number of anilines is 1. The molecule has 0 aliphatic carbocycles.